The van der Waals surface area contributed by atoms with Gasteiger partial charge in [0.1, 0.15) is 0 Å². The van der Waals surface area contributed by atoms with Gasteiger partial charge >= 0.3 is 0 Å². The Kier molecular flexibility index (Phi) is 5.59. The van der Waals surface area contributed by atoms with E-state index in [1.54, 1.807) is 12.1 Å². The molecule has 1 N–H and O–H groups in total. The maximum atomic E-state index is 12.3. The lowest BCUT2D eigenvalue weighted by molar-refractivity contribution is -0.121. The maximum absolute atomic E-state index is 12.3. The smallest absolute Gasteiger partial charge is 0.261 e. The highest BCUT2D eigenvalue weighted by atomic mass is 35.5. The van der Waals surface area contributed by atoms with Crippen molar-refractivity contribution in [2.45, 2.75) is 12.8 Å². The number of hydrogen-bond acceptors (Lipinski definition) is 3. The molecule has 0 aromatic heterocycles. The van der Waals surface area contributed by atoms with E-state index in [0.717, 1.165) is 10.5 Å². The standard InChI is InChI=1S/C19H16Cl2N2O3/c20-13-3-1-2-12(10-13)6-8-22-17(24)7-9-23-18(25)15-5-4-14(21)11-16(15)19(23)26/h1-5,10-11H,6-9H2,(H,22,24). The molecule has 2 aromatic rings. The van der Waals surface area contributed by atoms with Crippen molar-refractivity contribution in [1.82, 2.24) is 10.2 Å². The predicted octanol–water partition coefficient (Wildman–Crippen LogP) is 3.34. The van der Waals surface area contributed by atoms with Crippen LogP contribution < -0.4 is 5.32 Å². The van der Waals surface area contributed by atoms with Crippen molar-refractivity contribution < 1.29 is 14.4 Å². The van der Waals surface area contributed by atoms with Crippen molar-refractivity contribution in [3.63, 3.8) is 0 Å². The Hall–Kier alpha value is -2.37. The third-order valence-corrected chi connectivity index (χ3v) is 4.59. The lowest BCUT2D eigenvalue weighted by Crippen LogP contribution is -2.35. The van der Waals surface area contributed by atoms with Gasteiger partial charge in [0.2, 0.25) is 5.91 Å². The van der Waals surface area contributed by atoms with E-state index in [-0.39, 0.29) is 24.4 Å². The molecule has 2 aromatic carbocycles. The molecular weight excluding hydrogens is 375 g/mol. The van der Waals surface area contributed by atoms with Gasteiger partial charge in [0, 0.05) is 29.6 Å². The summed E-state index contributed by atoms with van der Waals surface area (Å²) in [5.74, 6) is -1.03. The molecular formula is C19H16Cl2N2O3. The summed E-state index contributed by atoms with van der Waals surface area (Å²) in [4.78, 5) is 37.7. The molecule has 0 saturated carbocycles. The van der Waals surface area contributed by atoms with Crippen LogP contribution in [-0.4, -0.2) is 35.7 Å². The van der Waals surface area contributed by atoms with E-state index in [0.29, 0.717) is 28.6 Å². The van der Waals surface area contributed by atoms with Crippen molar-refractivity contribution in [3.05, 3.63) is 69.2 Å². The Labute approximate surface area is 160 Å². The van der Waals surface area contributed by atoms with Crippen LogP contribution in [0.4, 0.5) is 0 Å². The average Bonchev–Trinajstić information content (AvgIpc) is 2.83. The number of amides is 3. The van der Waals surface area contributed by atoms with E-state index >= 15 is 0 Å². The average molecular weight is 391 g/mol. The molecule has 134 valence electrons. The lowest BCUT2D eigenvalue weighted by atomic mass is 10.1. The predicted molar refractivity (Wildman–Crippen MR) is 99.6 cm³/mol. The molecule has 5 nitrogen and oxygen atoms in total. The molecule has 26 heavy (non-hydrogen) atoms. The summed E-state index contributed by atoms with van der Waals surface area (Å²) < 4.78 is 0. The summed E-state index contributed by atoms with van der Waals surface area (Å²) in [5.41, 5.74) is 1.62. The Morgan fingerprint density at radius 2 is 1.69 bits per heavy atom. The molecule has 0 bridgehead atoms. The van der Waals surface area contributed by atoms with Crippen molar-refractivity contribution in [1.29, 1.82) is 0 Å². The van der Waals surface area contributed by atoms with Crippen LogP contribution in [-0.2, 0) is 11.2 Å². The van der Waals surface area contributed by atoms with E-state index in [1.807, 2.05) is 18.2 Å². The number of fused-ring (bicyclic) bond motifs is 1. The van der Waals surface area contributed by atoms with Crippen molar-refractivity contribution >= 4 is 40.9 Å². The van der Waals surface area contributed by atoms with Crippen LogP contribution in [0, 0.1) is 0 Å². The molecule has 0 spiro atoms. The lowest BCUT2D eigenvalue weighted by Gasteiger charge is -2.13. The summed E-state index contributed by atoms with van der Waals surface area (Å²) in [7, 11) is 0. The first kappa shape index (κ1) is 18.4. The van der Waals surface area contributed by atoms with E-state index < -0.39 is 11.8 Å². The maximum Gasteiger partial charge on any atom is 0.261 e. The first-order valence-corrected chi connectivity index (χ1v) is 8.88. The Morgan fingerprint density at radius 1 is 0.962 bits per heavy atom. The van der Waals surface area contributed by atoms with Crippen LogP contribution in [0.1, 0.15) is 32.7 Å². The van der Waals surface area contributed by atoms with Gasteiger partial charge < -0.3 is 5.32 Å². The molecule has 7 heteroatoms. The highest BCUT2D eigenvalue weighted by molar-refractivity contribution is 6.32. The fourth-order valence-electron chi connectivity index (χ4n) is 2.81. The zero-order valence-electron chi connectivity index (χ0n) is 13.8. The first-order valence-electron chi connectivity index (χ1n) is 8.12. The van der Waals surface area contributed by atoms with Gasteiger partial charge in [-0.15, -0.1) is 0 Å². The van der Waals surface area contributed by atoms with Crippen LogP contribution in [0.15, 0.2) is 42.5 Å². The second-order valence-electron chi connectivity index (χ2n) is 5.93. The number of imide groups is 1. The van der Waals surface area contributed by atoms with Gasteiger partial charge in [-0.05, 0) is 42.3 Å². The van der Waals surface area contributed by atoms with Gasteiger partial charge in [0.25, 0.3) is 11.8 Å². The number of carbonyl (C=O) groups is 3. The van der Waals surface area contributed by atoms with Crippen LogP contribution in [0.5, 0.6) is 0 Å². The molecule has 0 atom stereocenters. The van der Waals surface area contributed by atoms with Crippen molar-refractivity contribution in [3.8, 4) is 0 Å². The minimum absolute atomic E-state index is 0.0347. The topological polar surface area (TPSA) is 66.5 Å². The molecule has 0 radical (unpaired) electrons. The zero-order valence-corrected chi connectivity index (χ0v) is 15.3. The van der Waals surface area contributed by atoms with E-state index in [2.05, 4.69) is 5.32 Å². The van der Waals surface area contributed by atoms with Crippen LogP contribution in [0.2, 0.25) is 10.0 Å². The number of rotatable bonds is 6. The monoisotopic (exact) mass is 390 g/mol. The number of nitrogens with zero attached hydrogens (tertiary/aromatic N) is 1. The zero-order chi connectivity index (χ0) is 18.7. The first-order chi connectivity index (χ1) is 12.5. The summed E-state index contributed by atoms with van der Waals surface area (Å²) in [5, 5.41) is 3.83. The fourth-order valence-corrected chi connectivity index (χ4v) is 3.19. The minimum Gasteiger partial charge on any atom is -0.356 e. The molecule has 3 rings (SSSR count). The Balaban J connectivity index is 1.49. The van der Waals surface area contributed by atoms with Gasteiger partial charge in [0.15, 0.2) is 0 Å². The highest BCUT2D eigenvalue weighted by Gasteiger charge is 2.35. The van der Waals surface area contributed by atoms with E-state index in [9.17, 15) is 14.4 Å². The van der Waals surface area contributed by atoms with Gasteiger partial charge in [-0.25, -0.2) is 0 Å². The van der Waals surface area contributed by atoms with Gasteiger partial charge in [-0.3, -0.25) is 19.3 Å². The second-order valence-corrected chi connectivity index (χ2v) is 6.80. The molecule has 3 amide bonds. The van der Waals surface area contributed by atoms with Crippen LogP contribution in [0.3, 0.4) is 0 Å². The summed E-state index contributed by atoms with van der Waals surface area (Å²) in [6, 6.07) is 12.0. The van der Waals surface area contributed by atoms with Gasteiger partial charge in [-0.2, -0.15) is 0 Å². The van der Waals surface area contributed by atoms with Gasteiger partial charge in [-0.1, -0.05) is 35.3 Å². The summed E-state index contributed by atoms with van der Waals surface area (Å²) in [6.45, 7) is 0.490. The van der Waals surface area contributed by atoms with E-state index in [4.69, 9.17) is 23.2 Å². The van der Waals surface area contributed by atoms with E-state index in [1.165, 1.54) is 12.1 Å². The van der Waals surface area contributed by atoms with Crippen molar-refractivity contribution in [2.24, 2.45) is 0 Å². The third kappa shape index (κ3) is 4.06. The highest BCUT2D eigenvalue weighted by Crippen LogP contribution is 2.25. The minimum atomic E-state index is -0.417. The SMILES string of the molecule is O=C(CCN1C(=O)c2ccc(Cl)cc2C1=O)NCCc1cccc(Cl)c1. The number of nitrogens with one attached hydrogen (secondary N) is 1. The quantitative estimate of drug-likeness (QED) is 0.769. The molecule has 0 saturated heterocycles. The Morgan fingerprint density at radius 3 is 2.46 bits per heavy atom. The number of benzene rings is 2. The number of carbonyl (C=O) groups excluding carboxylic acids is 3. The molecule has 1 heterocycles. The second kappa shape index (κ2) is 7.89. The molecule has 0 aliphatic carbocycles. The Bertz CT molecular complexity index is 883. The fraction of sp³-hybridized carbons (Fsp3) is 0.211. The van der Waals surface area contributed by atoms with Crippen LogP contribution in [0.25, 0.3) is 0 Å². The largest absolute Gasteiger partial charge is 0.356 e. The van der Waals surface area contributed by atoms with Gasteiger partial charge in [0.05, 0.1) is 11.1 Å². The third-order valence-electron chi connectivity index (χ3n) is 4.12. The normalized spacial score (nSPS) is 13.1. The number of hydrogen-bond donors (Lipinski definition) is 1. The van der Waals surface area contributed by atoms with Crippen LogP contribution >= 0.6 is 23.2 Å². The molecule has 0 fully saturated rings. The van der Waals surface area contributed by atoms with Crippen molar-refractivity contribution in [2.75, 3.05) is 13.1 Å². The molecule has 0 unspecified atom stereocenters. The summed E-state index contributed by atoms with van der Waals surface area (Å²) >= 11 is 11.8. The molecule has 1 aliphatic heterocycles. The number of halogens is 2. The summed E-state index contributed by atoms with van der Waals surface area (Å²) in [6.07, 6.45) is 0.701. The molecule has 1 aliphatic rings.